The van der Waals surface area contributed by atoms with Crippen LogP contribution in [0.4, 0.5) is 5.13 Å². The van der Waals surface area contributed by atoms with E-state index in [1.165, 1.54) is 11.3 Å². The molecule has 1 aromatic heterocycles. The molecule has 0 fully saturated rings. The van der Waals surface area contributed by atoms with E-state index in [0.29, 0.717) is 10.7 Å². The Balaban J connectivity index is 1.66. The second kappa shape index (κ2) is 7.60. The molecule has 0 bridgehead atoms. The molecule has 1 amide bonds. The number of hydrogen-bond donors (Lipinski definition) is 1. The average Bonchev–Trinajstić information content (AvgIpc) is 3.10. The molecule has 0 aliphatic rings. The zero-order valence-electron chi connectivity index (χ0n) is 13.5. The van der Waals surface area contributed by atoms with Gasteiger partial charge in [0.1, 0.15) is 5.75 Å². The second-order valence-electron chi connectivity index (χ2n) is 5.30. The normalized spacial score (nSPS) is 10.1. The van der Waals surface area contributed by atoms with Crippen LogP contribution in [0.15, 0.2) is 53.9 Å². The lowest BCUT2D eigenvalue weighted by molar-refractivity contribution is -0.115. The van der Waals surface area contributed by atoms with E-state index < -0.39 is 0 Å². The van der Waals surface area contributed by atoms with E-state index in [9.17, 15) is 4.79 Å². The number of nitrogens with one attached hydrogen (secondary N) is 1. The Morgan fingerprint density at radius 3 is 2.80 bits per heavy atom. The third kappa shape index (κ3) is 4.22. The van der Waals surface area contributed by atoms with Crippen LogP contribution in [0, 0.1) is 11.3 Å². The van der Waals surface area contributed by atoms with Crippen molar-refractivity contribution in [2.75, 3.05) is 12.4 Å². The van der Waals surface area contributed by atoms with Gasteiger partial charge in [-0.3, -0.25) is 4.79 Å². The van der Waals surface area contributed by atoms with E-state index in [1.807, 2.05) is 41.8 Å². The summed E-state index contributed by atoms with van der Waals surface area (Å²) in [7, 11) is 1.60. The molecule has 0 saturated carbocycles. The van der Waals surface area contributed by atoms with Crippen LogP contribution in [0.3, 0.4) is 0 Å². The smallest absolute Gasteiger partial charge is 0.230 e. The number of amides is 1. The molecule has 0 unspecified atom stereocenters. The van der Waals surface area contributed by atoms with Crippen molar-refractivity contribution in [3.8, 4) is 23.1 Å². The lowest BCUT2D eigenvalue weighted by atomic mass is 10.1. The Bertz CT molecular complexity index is 926. The summed E-state index contributed by atoms with van der Waals surface area (Å²) in [6, 6.07) is 16.7. The van der Waals surface area contributed by atoms with Gasteiger partial charge in [0.25, 0.3) is 0 Å². The van der Waals surface area contributed by atoms with Gasteiger partial charge in [0, 0.05) is 10.9 Å². The second-order valence-corrected chi connectivity index (χ2v) is 6.16. The maximum Gasteiger partial charge on any atom is 0.230 e. The van der Waals surface area contributed by atoms with E-state index in [2.05, 4.69) is 16.4 Å². The SMILES string of the molecule is COc1cccc(CC(=O)Nc2nc(-c3ccc(C#N)cc3)cs2)c1. The fourth-order valence-corrected chi connectivity index (χ4v) is 3.05. The molecule has 3 aromatic rings. The lowest BCUT2D eigenvalue weighted by Gasteiger charge is -2.04. The first kappa shape index (κ1) is 16.7. The van der Waals surface area contributed by atoms with E-state index in [4.69, 9.17) is 10.00 Å². The summed E-state index contributed by atoms with van der Waals surface area (Å²) >= 11 is 1.37. The number of aromatic nitrogens is 1. The Kier molecular flexibility index (Phi) is 5.07. The minimum atomic E-state index is -0.131. The standard InChI is InChI=1S/C19H15N3O2S/c1-24-16-4-2-3-14(9-16)10-18(23)22-19-21-17(12-25-19)15-7-5-13(11-20)6-8-15/h2-9,12H,10H2,1H3,(H,21,22,23). The number of carbonyl (C=O) groups excluding carboxylic acids is 1. The molecule has 5 nitrogen and oxygen atoms in total. The topological polar surface area (TPSA) is 75.0 Å². The zero-order valence-corrected chi connectivity index (χ0v) is 14.3. The van der Waals surface area contributed by atoms with Gasteiger partial charge in [-0.1, -0.05) is 24.3 Å². The van der Waals surface area contributed by atoms with Gasteiger partial charge in [-0.15, -0.1) is 11.3 Å². The maximum atomic E-state index is 12.2. The highest BCUT2D eigenvalue weighted by Crippen LogP contribution is 2.25. The van der Waals surface area contributed by atoms with Crippen molar-refractivity contribution in [3.63, 3.8) is 0 Å². The molecule has 1 N–H and O–H groups in total. The van der Waals surface area contributed by atoms with Crippen LogP contribution in [0.1, 0.15) is 11.1 Å². The molecule has 2 aromatic carbocycles. The summed E-state index contributed by atoms with van der Waals surface area (Å²) < 4.78 is 5.16. The molecule has 0 aliphatic heterocycles. The monoisotopic (exact) mass is 349 g/mol. The van der Waals surface area contributed by atoms with Gasteiger partial charge in [0.05, 0.1) is 30.9 Å². The molecule has 0 atom stereocenters. The summed E-state index contributed by atoms with van der Waals surface area (Å²) in [5.41, 5.74) is 3.15. The molecule has 0 saturated heterocycles. The third-order valence-electron chi connectivity index (χ3n) is 3.56. The molecule has 0 radical (unpaired) electrons. The molecular weight excluding hydrogens is 334 g/mol. The van der Waals surface area contributed by atoms with E-state index in [0.717, 1.165) is 22.6 Å². The highest BCUT2D eigenvalue weighted by atomic mass is 32.1. The van der Waals surface area contributed by atoms with Gasteiger partial charge in [-0.25, -0.2) is 4.98 Å². The van der Waals surface area contributed by atoms with Gasteiger partial charge in [0.2, 0.25) is 5.91 Å². The van der Waals surface area contributed by atoms with Gasteiger partial charge in [-0.2, -0.15) is 5.26 Å². The van der Waals surface area contributed by atoms with Crippen LogP contribution in [0.2, 0.25) is 0 Å². The fourth-order valence-electron chi connectivity index (χ4n) is 2.31. The molecule has 0 spiro atoms. The van der Waals surface area contributed by atoms with Crippen LogP contribution in [0.25, 0.3) is 11.3 Å². The van der Waals surface area contributed by atoms with Gasteiger partial charge >= 0.3 is 0 Å². The Morgan fingerprint density at radius 1 is 1.28 bits per heavy atom. The first-order valence-electron chi connectivity index (χ1n) is 7.57. The highest BCUT2D eigenvalue weighted by molar-refractivity contribution is 7.14. The van der Waals surface area contributed by atoms with E-state index >= 15 is 0 Å². The average molecular weight is 349 g/mol. The van der Waals surface area contributed by atoms with Crippen molar-refractivity contribution in [1.82, 2.24) is 4.98 Å². The number of benzene rings is 2. The molecule has 3 rings (SSSR count). The molecular formula is C19H15N3O2S. The van der Waals surface area contributed by atoms with Crippen LogP contribution in [-0.2, 0) is 11.2 Å². The maximum absolute atomic E-state index is 12.2. The van der Waals surface area contributed by atoms with E-state index in [-0.39, 0.29) is 12.3 Å². The van der Waals surface area contributed by atoms with E-state index in [1.54, 1.807) is 19.2 Å². The number of methoxy groups -OCH3 is 1. The number of nitrogens with zero attached hydrogens (tertiary/aromatic N) is 2. The van der Waals surface area contributed by atoms with Crippen LogP contribution in [0.5, 0.6) is 5.75 Å². The van der Waals surface area contributed by atoms with Crippen LogP contribution >= 0.6 is 11.3 Å². The Labute approximate surface area is 149 Å². The number of hydrogen-bond acceptors (Lipinski definition) is 5. The molecule has 124 valence electrons. The van der Waals surface area contributed by atoms with Gasteiger partial charge in [0.15, 0.2) is 5.13 Å². The number of thiazole rings is 1. The predicted octanol–water partition coefficient (Wildman–Crippen LogP) is 3.87. The van der Waals surface area contributed by atoms with Crippen molar-refractivity contribution in [3.05, 3.63) is 65.0 Å². The predicted molar refractivity (Wildman–Crippen MR) is 97.6 cm³/mol. The molecule has 1 heterocycles. The highest BCUT2D eigenvalue weighted by Gasteiger charge is 2.09. The largest absolute Gasteiger partial charge is 0.497 e. The Hall–Kier alpha value is -3.17. The minimum absolute atomic E-state index is 0.131. The fraction of sp³-hybridized carbons (Fsp3) is 0.105. The number of nitriles is 1. The van der Waals surface area contributed by atoms with Crippen molar-refractivity contribution >= 4 is 22.4 Å². The zero-order chi connectivity index (χ0) is 17.6. The summed E-state index contributed by atoms with van der Waals surface area (Å²) in [6.45, 7) is 0. The first-order valence-corrected chi connectivity index (χ1v) is 8.45. The first-order chi connectivity index (χ1) is 12.2. The van der Waals surface area contributed by atoms with Crippen molar-refractivity contribution in [1.29, 1.82) is 5.26 Å². The van der Waals surface area contributed by atoms with Crippen molar-refractivity contribution in [2.45, 2.75) is 6.42 Å². The van der Waals surface area contributed by atoms with Crippen molar-refractivity contribution in [2.24, 2.45) is 0 Å². The molecule has 25 heavy (non-hydrogen) atoms. The number of anilines is 1. The number of rotatable bonds is 5. The summed E-state index contributed by atoms with van der Waals surface area (Å²) in [5, 5.41) is 14.1. The summed E-state index contributed by atoms with van der Waals surface area (Å²) in [6.07, 6.45) is 0.253. The molecule has 0 aliphatic carbocycles. The quantitative estimate of drug-likeness (QED) is 0.759. The third-order valence-corrected chi connectivity index (χ3v) is 4.32. The van der Waals surface area contributed by atoms with Crippen LogP contribution < -0.4 is 10.1 Å². The number of ether oxygens (including phenoxy) is 1. The van der Waals surface area contributed by atoms with Crippen molar-refractivity contribution < 1.29 is 9.53 Å². The Morgan fingerprint density at radius 2 is 2.08 bits per heavy atom. The molecule has 6 heteroatoms. The van der Waals surface area contributed by atoms with Crippen LogP contribution in [-0.4, -0.2) is 18.0 Å². The lowest BCUT2D eigenvalue weighted by Crippen LogP contribution is -2.14. The number of carbonyl (C=O) groups is 1. The van der Waals surface area contributed by atoms with Gasteiger partial charge in [-0.05, 0) is 29.8 Å². The summed E-state index contributed by atoms with van der Waals surface area (Å²) in [4.78, 5) is 16.6. The summed E-state index contributed by atoms with van der Waals surface area (Å²) in [5.74, 6) is 0.594. The minimum Gasteiger partial charge on any atom is -0.497 e. The van der Waals surface area contributed by atoms with Gasteiger partial charge < -0.3 is 10.1 Å².